The summed E-state index contributed by atoms with van der Waals surface area (Å²) in [6, 6.07) is 13.7. The number of rotatable bonds is 3. The molecule has 0 aliphatic heterocycles. The quantitative estimate of drug-likeness (QED) is 0.784. The molecule has 1 N–H and O–H groups in total. The van der Waals surface area contributed by atoms with Crippen molar-refractivity contribution in [3.8, 4) is 5.75 Å². The van der Waals surface area contributed by atoms with Gasteiger partial charge in [-0.2, -0.15) is 0 Å². The molecule has 0 fully saturated rings. The Bertz CT molecular complexity index is 738. The van der Waals surface area contributed by atoms with Gasteiger partial charge < -0.3 is 10.1 Å². The van der Waals surface area contributed by atoms with E-state index in [1.54, 1.807) is 7.11 Å². The normalized spacial score (nSPS) is 10.5. The molecule has 100 valence electrons. The van der Waals surface area contributed by atoms with E-state index in [2.05, 4.69) is 15.3 Å². The highest BCUT2D eigenvalue weighted by Gasteiger charge is 2.03. The molecule has 3 aromatic rings. The summed E-state index contributed by atoms with van der Waals surface area (Å²) in [4.78, 5) is 8.89. The number of aryl methyl sites for hydroxylation is 1. The van der Waals surface area contributed by atoms with E-state index in [-0.39, 0.29) is 0 Å². The van der Waals surface area contributed by atoms with Crippen LogP contribution in [0, 0.1) is 6.92 Å². The first kappa shape index (κ1) is 12.4. The van der Waals surface area contributed by atoms with Crippen molar-refractivity contribution in [3.05, 3.63) is 54.2 Å². The number of fused-ring (bicyclic) bond motifs is 1. The Balaban J connectivity index is 1.92. The minimum Gasteiger partial charge on any atom is -0.497 e. The Kier molecular flexibility index (Phi) is 3.21. The van der Waals surface area contributed by atoms with Crippen LogP contribution in [0.1, 0.15) is 5.56 Å². The van der Waals surface area contributed by atoms with Crippen molar-refractivity contribution in [2.45, 2.75) is 6.92 Å². The fourth-order valence-electron chi connectivity index (χ4n) is 2.07. The zero-order valence-corrected chi connectivity index (χ0v) is 11.4. The van der Waals surface area contributed by atoms with Crippen LogP contribution in [-0.2, 0) is 0 Å². The van der Waals surface area contributed by atoms with Gasteiger partial charge in [-0.05, 0) is 36.8 Å². The maximum atomic E-state index is 5.13. The topological polar surface area (TPSA) is 47.0 Å². The molecule has 0 aliphatic carbocycles. The third-order valence-corrected chi connectivity index (χ3v) is 3.16. The number of nitrogens with zero attached hydrogens (tertiary/aromatic N) is 2. The molecule has 0 aliphatic rings. The molecule has 1 heterocycles. The lowest BCUT2D eigenvalue weighted by molar-refractivity contribution is 0.415. The van der Waals surface area contributed by atoms with E-state index in [1.807, 2.05) is 55.6 Å². The van der Waals surface area contributed by atoms with E-state index in [0.717, 1.165) is 27.9 Å². The molecular weight excluding hydrogens is 250 g/mol. The van der Waals surface area contributed by atoms with Crippen LogP contribution in [0.3, 0.4) is 0 Å². The molecule has 0 spiro atoms. The van der Waals surface area contributed by atoms with Gasteiger partial charge in [-0.3, -0.25) is 0 Å². The van der Waals surface area contributed by atoms with Crippen LogP contribution >= 0.6 is 0 Å². The van der Waals surface area contributed by atoms with Gasteiger partial charge >= 0.3 is 0 Å². The smallest absolute Gasteiger partial charge is 0.227 e. The number of hydrogen-bond acceptors (Lipinski definition) is 4. The SMILES string of the molecule is COc1ccc(Nc2ncc3cccc(C)c3n2)cc1. The predicted molar refractivity (Wildman–Crippen MR) is 80.6 cm³/mol. The van der Waals surface area contributed by atoms with E-state index in [0.29, 0.717) is 5.95 Å². The van der Waals surface area contributed by atoms with Crippen molar-refractivity contribution in [2.75, 3.05) is 12.4 Å². The first-order valence-electron chi connectivity index (χ1n) is 6.40. The summed E-state index contributed by atoms with van der Waals surface area (Å²) in [5, 5.41) is 4.24. The summed E-state index contributed by atoms with van der Waals surface area (Å²) < 4.78 is 5.13. The lowest BCUT2D eigenvalue weighted by Crippen LogP contribution is -1.97. The molecule has 20 heavy (non-hydrogen) atoms. The van der Waals surface area contributed by atoms with Crippen molar-refractivity contribution >= 4 is 22.5 Å². The van der Waals surface area contributed by atoms with Crippen LogP contribution in [0.2, 0.25) is 0 Å². The molecule has 2 aromatic carbocycles. The summed E-state index contributed by atoms with van der Waals surface area (Å²) in [6.07, 6.45) is 1.83. The van der Waals surface area contributed by atoms with Gasteiger partial charge in [0.15, 0.2) is 0 Å². The molecule has 0 saturated heterocycles. The number of aromatic nitrogens is 2. The third-order valence-electron chi connectivity index (χ3n) is 3.16. The van der Waals surface area contributed by atoms with Crippen LogP contribution in [0.5, 0.6) is 5.75 Å². The summed E-state index contributed by atoms with van der Waals surface area (Å²) >= 11 is 0. The number of anilines is 2. The number of nitrogens with one attached hydrogen (secondary N) is 1. The molecule has 0 amide bonds. The summed E-state index contributed by atoms with van der Waals surface area (Å²) in [7, 11) is 1.65. The lowest BCUT2D eigenvalue weighted by atomic mass is 10.1. The van der Waals surface area contributed by atoms with Crippen molar-refractivity contribution in [1.82, 2.24) is 9.97 Å². The van der Waals surface area contributed by atoms with E-state index in [4.69, 9.17) is 4.74 Å². The van der Waals surface area contributed by atoms with Crippen LogP contribution in [0.4, 0.5) is 11.6 Å². The highest BCUT2D eigenvalue weighted by Crippen LogP contribution is 2.20. The number of methoxy groups -OCH3 is 1. The summed E-state index contributed by atoms with van der Waals surface area (Å²) in [5.74, 6) is 1.42. The van der Waals surface area contributed by atoms with Crippen molar-refractivity contribution < 1.29 is 4.74 Å². The van der Waals surface area contributed by atoms with E-state index in [9.17, 15) is 0 Å². The molecule has 0 radical (unpaired) electrons. The van der Waals surface area contributed by atoms with E-state index in [1.165, 1.54) is 0 Å². The Morgan fingerprint density at radius 1 is 1.05 bits per heavy atom. The number of hydrogen-bond donors (Lipinski definition) is 1. The third kappa shape index (κ3) is 2.40. The maximum Gasteiger partial charge on any atom is 0.227 e. The zero-order valence-electron chi connectivity index (χ0n) is 11.4. The maximum absolute atomic E-state index is 5.13. The lowest BCUT2D eigenvalue weighted by Gasteiger charge is -2.07. The van der Waals surface area contributed by atoms with Gasteiger partial charge in [0.2, 0.25) is 5.95 Å². The van der Waals surface area contributed by atoms with Gasteiger partial charge in [-0.15, -0.1) is 0 Å². The monoisotopic (exact) mass is 265 g/mol. The highest BCUT2D eigenvalue weighted by molar-refractivity contribution is 5.82. The minimum absolute atomic E-state index is 0.594. The van der Waals surface area contributed by atoms with Crippen LogP contribution in [0.25, 0.3) is 10.9 Å². The molecule has 4 nitrogen and oxygen atoms in total. The van der Waals surface area contributed by atoms with Gasteiger partial charge in [0.1, 0.15) is 5.75 Å². The van der Waals surface area contributed by atoms with E-state index < -0.39 is 0 Å². The van der Waals surface area contributed by atoms with Crippen molar-refractivity contribution in [2.24, 2.45) is 0 Å². The average molecular weight is 265 g/mol. The molecule has 3 rings (SSSR count). The first-order valence-corrected chi connectivity index (χ1v) is 6.40. The largest absolute Gasteiger partial charge is 0.497 e. The Labute approximate surface area is 117 Å². The first-order chi connectivity index (χ1) is 9.76. The minimum atomic E-state index is 0.594. The molecule has 0 saturated carbocycles. The van der Waals surface area contributed by atoms with Gasteiger partial charge in [0, 0.05) is 17.3 Å². The fraction of sp³-hybridized carbons (Fsp3) is 0.125. The average Bonchev–Trinajstić information content (AvgIpc) is 2.49. The van der Waals surface area contributed by atoms with Gasteiger partial charge in [-0.25, -0.2) is 9.97 Å². The predicted octanol–water partition coefficient (Wildman–Crippen LogP) is 3.69. The van der Waals surface area contributed by atoms with Gasteiger partial charge in [0.05, 0.1) is 12.6 Å². The van der Waals surface area contributed by atoms with Gasteiger partial charge in [0.25, 0.3) is 0 Å². The second kappa shape index (κ2) is 5.17. The Morgan fingerprint density at radius 3 is 2.60 bits per heavy atom. The molecular formula is C16H15N3O. The number of para-hydroxylation sites is 1. The van der Waals surface area contributed by atoms with Crippen molar-refractivity contribution in [3.63, 3.8) is 0 Å². The molecule has 0 bridgehead atoms. The Hall–Kier alpha value is -2.62. The highest BCUT2D eigenvalue weighted by atomic mass is 16.5. The zero-order chi connectivity index (χ0) is 13.9. The number of benzene rings is 2. The van der Waals surface area contributed by atoms with Crippen molar-refractivity contribution in [1.29, 1.82) is 0 Å². The summed E-state index contributed by atoms with van der Waals surface area (Å²) in [5.41, 5.74) is 3.04. The van der Waals surface area contributed by atoms with Crippen LogP contribution < -0.4 is 10.1 Å². The second-order valence-corrected chi connectivity index (χ2v) is 4.56. The second-order valence-electron chi connectivity index (χ2n) is 4.56. The van der Waals surface area contributed by atoms with Crippen LogP contribution in [0.15, 0.2) is 48.7 Å². The van der Waals surface area contributed by atoms with E-state index >= 15 is 0 Å². The fourth-order valence-corrected chi connectivity index (χ4v) is 2.07. The standard InChI is InChI=1S/C16H15N3O/c1-11-4-3-5-12-10-17-16(19-15(11)12)18-13-6-8-14(20-2)9-7-13/h3-10H,1-2H3,(H,17,18,19). The molecule has 1 aromatic heterocycles. The Morgan fingerprint density at radius 2 is 1.85 bits per heavy atom. The molecule has 4 heteroatoms. The van der Waals surface area contributed by atoms with Crippen LogP contribution in [-0.4, -0.2) is 17.1 Å². The van der Waals surface area contributed by atoms with Gasteiger partial charge in [-0.1, -0.05) is 18.2 Å². The molecule has 0 atom stereocenters. The number of ether oxygens (including phenoxy) is 1. The summed E-state index contributed by atoms with van der Waals surface area (Å²) in [6.45, 7) is 2.05. The molecule has 0 unspecified atom stereocenters.